The summed E-state index contributed by atoms with van der Waals surface area (Å²) in [4.78, 5) is 38.9. The molecule has 0 unspecified atom stereocenters. The number of hydrogen-bond acceptors (Lipinski definition) is 6. The second kappa shape index (κ2) is 10.4. The molecule has 1 aliphatic rings. The molecule has 2 amide bonds. The fourth-order valence-corrected chi connectivity index (χ4v) is 2.98. The third-order valence-corrected chi connectivity index (χ3v) is 4.34. The largest absolute Gasteiger partial charge is 0.464 e. The number of likely N-dealkylation sites (tertiary alicyclic amines) is 1. The van der Waals surface area contributed by atoms with E-state index in [1.54, 1.807) is 42.2 Å². The van der Waals surface area contributed by atoms with Crippen LogP contribution in [0.15, 0.2) is 30.3 Å². The highest BCUT2D eigenvalue weighted by Gasteiger charge is 2.28. The van der Waals surface area contributed by atoms with Crippen LogP contribution in [-0.2, 0) is 23.9 Å². The Hall–Kier alpha value is -2.94. The molecular weight excluding hydrogens is 364 g/mol. The van der Waals surface area contributed by atoms with Gasteiger partial charge in [0.05, 0.1) is 18.4 Å². The summed E-state index contributed by atoms with van der Waals surface area (Å²) in [6.07, 6.45) is 0.660. The number of anilines is 1. The van der Waals surface area contributed by atoms with Crippen molar-refractivity contribution in [3.63, 3.8) is 0 Å². The average Bonchev–Trinajstić information content (AvgIpc) is 2.67. The quantitative estimate of drug-likeness (QED) is 0.308. The number of nitrogens with two attached hydrogens (primary N) is 1. The number of nitrogens with one attached hydrogen (secondary N) is 1. The van der Waals surface area contributed by atoms with Crippen molar-refractivity contribution < 1.29 is 23.9 Å². The Bertz CT molecular complexity index is 702. The minimum absolute atomic E-state index is 0.102. The Labute approximate surface area is 163 Å². The first-order valence-electron chi connectivity index (χ1n) is 9.19. The van der Waals surface area contributed by atoms with Crippen molar-refractivity contribution in [1.29, 1.82) is 5.41 Å². The van der Waals surface area contributed by atoms with Gasteiger partial charge in [-0.05, 0) is 31.9 Å². The van der Waals surface area contributed by atoms with E-state index in [2.05, 4.69) is 0 Å². The standard InChI is InChI=1S/C19H26N4O5/c1-2-27-18(26)13-28-15-8-10-22(11-9-15)16(24)12-17(25)23(19(20)21)14-6-4-3-5-7-14/h3-7,15H,2,8-13H2,1H3,(H3,20,21). The highest BCUT2D eigenvalue weighted by atomic mass is 16.6. The van der Waals surface area contributed by atoms with Gasteiger partial charge in [0.1, 0.15) is 13.0 Å². The third-order valence-electron chi connectivity index (χ3n) is 4.34. The molecule has 0 bridgehead atoms. The van der Waals surface area contributed by atoms with E-state index in [-0.39, 0.29) is 25.0 Å². The van der Waals surface area contributed by atoms with Crippen LogP contribution in [0.2, 0.25) is 0 Å². The first kappa shape index (κ1) is 21.4. The lowest BCUT2D eigenvalue weighted by Gasteiger charge is -2.32. The van der Waals surface area contributed by atoms with E-state index in [9.17, 15) is 14.4 Å². The first-order chi connectivity index (χ1) is 13.4. The summed E-state index contributed by atoms with van der Waals surface area (Å²) in [6, 6.07) is 8.53. The molecule has 9 heteroatoms. The number of ether oxygens (including phenoxy) is 2. The summed E-state index contributed by atoms with van der Waals surface area (Å²) in [7, 11) is 0. The first-order valence-corrected chi connectivity index (χ1v) is 9.19. The summed E-state index contributed by atoms with van der Waals surface area (Å²) in [6.45, 7) is 2.81. The van der Waals surface area contributed by atoms with Crippen LogP contribution in [0, 0.1) is 5.41 Å². The Balaban J connectivity index is 1.84. The number of nitrogens with zero attached hydrogens (tertiary/aromatic N) is 2. The van der Waals surface area contributed by atoms with E-state index >= 15 is 0 Å². The monoisotopic (exact) mass is 390 g/mol. The molecule has 3 N–H and O–H groups in total. The van der Waals surface area contributed by atoms with Gasteiger partial charge in [-0.1, -0.05) is 18.2 Å². The van der Waals surface area contributed by atoms with Crippen LogP contribution in [0.3, 0.4) is 0 Å². The van der Waals surface area contributed by atoms with Crippen LogP contribution >= 0.6 is 0 Å². The van der Waals surface area contributed by atoms with Crippen LogP contribution in [-0.4, -0.2) is 61.1 Å². The van der Waals surface area contributed by atoms with E-state index in [1.165, 1.54) is 0 Å². The predicted octanol–water partition coefficient (Wildman–Crippen LogP) is 0.874. The normalized spacial score (nSPS) is 14.4. The van der Waals surface area contributed by atoms with Crippen molar-refractivity contribution in [2.75, 3.05) is 31.2 Å². The number of benzene rings is 1. The number of amides is 2. The molecule has 0 atom stereocenters. The molecule has 1 saturated heterocycles. The molecule has 9 nitrogen and oxygen atoms in total. The van der Waals surface area contributed by atoms with E-state index in [4.69, 9.17) is 20.6 Å². The summed E-state index contributed by atoms with van der Waals surface area (Å²) < 4.78 is 10.3. The van der Waals surface area contributed by atoms with Crippen molar-refractivity contribution >= 4 is 29.4 Å². The molecule has 28 heavy (non-hydrogen) atoms. The molecule has 0 saturated carbocycles. The SMILES string of the molecule is CCOC(=O)COC1CCN(C(=O)CC(=O)N(C(=N)N)c2ccccc2)CC1. The van der Waals surface area contributed by atoms with E-state index < -0.39 is 17.8 Å². The highest BCUT2D eigenvalue weighted by Crippen LogP contribution is 2.17. The maximum atomic E-state index is 12.5. The summed E-state index contributed by atoms with van der Waals surface area (Å²) in [5.74, 6) is -1.72. The van der Waals surface area contributed by atoms with Crippen molar-refractivity contribution in [2.45, 2.75) is 32.3 Å². The summed E-state index contributed by atoms with van der Waals surface area (Å²) in [5.41, 5.74) is 5.97. The van der Waals surface area contributed by atoms with Gasteiger partial charge in [0.2, 0.25) is 11.8 Å². The second-order valence-electron chi connectivity index (χ2n) is 6.32. The number of esters is 1. The van der Waals surface area contributed by atoms with Gasteiger partial charge in [-0.2, -0.15) is 0 Å². The van der Waals surface area contributed by atoms with E-state index in [1.807, 2.05) is 0 Å². The molecule has 1 heterocycles. The maximum absolute atomic E-state index is 12.5. The molecular formula is C19H26N4O5. The number of carbonyl (C=O) groups excluding carboxylic acids is 3. The van der Waals surface area contributed by atoms with Crippen molar-refractivity contribution in [2.24, 2.45) is 5.73 Å². The molecule has 0 aliphatic carbocycles. The van der Waals surface area contributed by atoms with Gasteiger partial charge in [0, 0.05) is 13.1 Å². The van der Waals surface area contributed by atoms with Crippen LogP contribution in [0.25, 0.3) is 0 Å². The number of guanidine groups is 1. The Morgan fingerprint density at radius 1 is 1.21 bits per heavy atom. The van der Waals surface area contributed by atoms with E-state index in [0.29, 0.717) is 38.2 Å². The molecule has 1 aliphatic heterocycles. The van der Waals surface area contributed by atoms with Crippen LogP contribution < -0.4 is 10.6 Å². The Morgan fingerprint density at radius 3 is 2.43 bits per heavy atom. The molecule has 152 valence electrons. The molecule has 2 rings (SSSR count). The fraction of sp³-hybridized carbons (Fsp3) is 0.474. The summed E-state index contributed by atoms with van der Waals surface area (Å²) in [5, 5.41) is 7.65. The third kappa shape index (κ3) is 6.05. The number of carbonyl (C=O) groups is 3. The Kier molecular flexibility index (Phi) is 7.94. The highest BCUT2D eigenvalue weighted by molar-refractivity contribution is 6.18. The number of rotatable bonds is 7. The van der Waals surface area contributed by atoms with Gasteiger partial charge < -0.3 is 20.1 Å². The minimum atomic E-state index is -0.551. The van der Waals surface area contributed by atoms with Gasteiger partial charge in [-0.25, -0.2) is 4.79 Å². The minimum Gasteiger partial charge on any atom is -0.464 e. The molecule has 0 spiro atoms. The van der Waals surface area contributed by atoms with Gasteiger partial charge in [-0.3, -0.25) is 19.9 Å². The van der Waals surface area contributed by atoms with E-state index in [0.717, 1.165) is 4.90 Å². The van der Waals surface area contributed by atoms with Gasteiger partial charge in [0.25, 0.3) is 0 Å². The number of piperidine rings is 1. The Morgan fingerprint density at radius 2 is 1.86 bits per heavy atom. The predicted molar refractivity (Wildman–Crippen MR) is 103 cm³/mol. The molecule has 1 fully saturated rings. The van der Waals surface area contributed by atoms with Gasteiger partial charge in [-0.15, -0.1) is 0 Å². The zero-order chi connectivity index (χ0) is 20.5. The zero-order valence-electron chi connectivity index (χ0n) is 15.9. The maximum Gasteiger partial charge on any atom is 0.332 e. The number of hydrogen-bond donors (Lipinski definition) is 2. The van der Waals surface area contributed by atoms with Crippen molar-refractivity contribution in [1.82, 2.24) is 4.90 Å². The molecule has 1 aromatic carbocycles. The lowest BCUT2D eigenvalue weighted by Crippen LogP contribution is -2.46. The van der Waals surface area contributed by atoms with Gasteiger partial charge in [0.15, 0.2) is 5.96 Å². The topological polar surface area (TPSA) is 126 Å². The second-order valence-corrected chi connectivity index (χ2v) is 6.32. The molecule has 1 aromatic rings. The lowest BCUT2D eigenvalue weighted by atomic mass is 10.1. The molecule has 0 aromatic heterocycles. The number of para-hydroxylation sites is 1. The zero-order valence-corrected chi connectivity index (χ0v) is 15.9. The lowest BCUT2D eigenvalue weighted by molar-refractivity contribution is -0.152. The van der Waals surface area contributed by atoms with Crippen molar-refractivity contribution in [3.8, 4) is 0 Å². The summed E-state index contributed by atoms with van der Waals surface area (Å²) >= 11 is 0. The van der Waals surface area contributed by atoms with Crippen LogP contribution in [0.4, 0.5) is 5.69 Å². The average molecular weight is 390 g/mol. The van der Waals surface area contributed by atoms with Crippen molar-refractivity contribution in [3.05, 3.63) is 30.3 Å². The smallest absolute Gasteiger partial charge is 0.332 e. The van der Waals surface area contributed by atoms with Crippen LogP contribution in [0.5, 0.6) is 0 Å². The van der Waals surface area contributed by atoms with Crippen LogP contribution in [0.1, 0.15) is 26.2 Å². The molecule has 0 radical (unpaired) electrons. The van der Waals surface area contributed by atoms with Gasteiger partial charge >= 0.3 is 5.97 Å². The fourth-order valence-electron chi connectivity index (χ4n) is 2.98.